The molecule has 0 spiro atoms. The summed E-state index contributed by atoms with van der Waals surface area (Å²) in [6.45, 7) is 5.76. The summed E-state index contributed by atoms with van der Waals surface area (Å²) in [5, 5.41) is 13.5. The van der Waals surface area contributed by atoms with Crippen molar-refractivity contribution in [1.82, 2.24) is 5.32 Å². The minimum absolute atomic E-state index is 0.113. The Bertz CT molecular complexity index is 284. The van der Waals surface area contributed by atoms with E-state index in [1.165, 1.54) is 44.9 Å². The van der Waals surface area contributed by atoms with E-state index in [1.54, 1.807) is 0 Å². The molecule has 2 fully saturated rings. The summed E-state index contributed by atoms with van der Waals surface area (Å²) < 4.78 is 0. The van der Waals surface area contributed by atoms with Crippen LogP contribution in [0.3, 0.4) is 0 Å². The van der Waals surface area contributed by atoms with Crippen LogP contribution in [0.1, 0.15) is 58.8 Å². The zero-order valence-corrected chi connectivity index (χ0v) is 12.7. The van der Waals surface area contributed by atoms with Crippen LogP contribution in [0.15, 0.2) is 0 Å². The van der Waals surface area contributed by atoms with E-state index in [1.807, 2.05) is 0 Å². The maximum Gasteiger partial charge on any atom is 0.0474 e. The van der Waals surface area contributed by atoms with E-state index in [0.29, 0.717) is 24.5 Å². The Labute approximate surface area is 118 Å². The molecule has 0 heterocycles. The van der Waals surface area contributed by atoms with E-state index >= 15 is 0 Å². The predicted octanol–water partition coefficient (Wildman–Crippen LogP) is 2.28. The summed E-state index contributed by atoms with van der Waals surface area (Å²) in [7, 11) is 0. The van der Waals surface area contributed by atoms with Gasteiger partial charge >= 0.3 is 0 Å². The highest BCUT2D eigenvalue weighted by Gasteiger charge is 2.41. The largest absolute Gasteiger partial charge is 0.396 e. The number of rotatable bonds is 4. The number of hydrogen-bond acceptors (Lipinski definition) is 3. The Morgan fingerprint density at radius 2 is 1.95 bits per heavy atom. The maximum absolute atomic E-state index is 9.58. The Morgan fingerprint density at radius 3 is 2.58 bits per heavy atom. The minimum atomic E-state index is 0.113. The van der Waals surface area contributed by atoms with Crippen LogP contribution in [0.4, 0.5) is 0 Å². The molecule has 2 rings (SSSR count). The monoisotopic (exact) mass is 268 g/mol. The average Bonchev–Trinajstić information content (AvgIpc) is 2.43. The molecule has 0 radical (unpaired) electrons. The van der Waals surface area contributed by atoms with E-state index in [9.17, 15) is 5.11 Å². The topological polar surface area (TPSA) is 58.3 Å². The zero-order chi connectivity index (χ0) is 13.9. The lowest BCUT2D eigenvalue weighted by Gasteiger charge is -2.49. The SMILES string of the molecule is CC1CCC(CN)(NC2CCCCC2CO)C(C)C1. The van der Waals surface area contributed by atoms with E-state index in [0.717, 1.165) is 12.5 Å². The van der Waals surface area contributed by atoms with Crippen molar-refractivity contribution in [2.75, 3.05) is 13.2 Å². The molecule has 0 aromatic heterocycles. The number of aliphatic hydroxyl groups excluding tert-OH is 1. The molecular weight excluding hydrogens is 236 g/mol. The molecule has 19 heavy (non-hydrogen) atoms. The fraction of sp³-hybridized carbons (Fsp3) is 1.00. The van der Waals surface area contributed by atoms with Gasteiger partial charge in [0.2, 0.25) is 0 Å². The van der Waals surface area contributed by atoms with Crippen molar-refractivity contribution in [1.29, 1.82) is 0 Å². The third-order valence-electron chi connectivity index (χ3n) is 5.76. The molecule has 2 saturated carbocycles. The molecule has 2 aliphatic carbocycles. The van der Waals surface area contributed by atoms with Crippen LogP contribution < -0.4 is 11.1 Å². The second-order valence-corrected chi connectivity index (χ2v) is 7.12. The zero-order valence-electron chi connectivity index (χ0n) is 12.7. The molecule has 5 atom stereocenters. The van der Waals surface area contributed by atoms with Gasteiger partial charge in [-0.2, -0.15) is 0 Å². The van der Waals surface area contributed by atoms with Crippen molar-refractivity contribution in [3.05, 3.63) is 0 Å². The first-order valence-corrected chi connectivity index (χ1v) is 8.20. The third-order valence-corrected chi connectivity index (χ3v) is 5.76. The molecule has 3 nitrogen and oxygen atoms in total. The average molecular weight is 268 g/mol. The molecule has 0 aliphatic heterocycles. The van der Waals surface area contributed by atoms with E-state index in [4.69, 9.17) is 5.73 Å². The molecule has 2 aliphatic rings. The Kier molecular flexibility index (Phi) is 5.27. The van der Waals surface area contributed by atoms with Gasteiger partial charge in [0.05, 0.1) is 0 Å². The number of aliphatic hydroxyl groups is 1. The second-order valence-electron chi connectivity index (χ2n) is 7.12. The molecule has 0 aromatic rings. The lowest BCUT2D eigenvalue weighted by molar-refractivity contribution is 0.0735. The van der Waals surface area contributed by atoms with Crippen LogP contribution in [0.5, 0.6) is 0 Å². The lowest BCUT2D eigenvalue weighted by Crippen LogP contribution is -2.62. The summed E-state index contributed by atoms with van der Waals surface area (Å²) in [4.78, 5) is 0. The minimum Gasteiger partial charge on any atom is -0.396 e. The Hall–Kier alpha value is -0.120. The summed E-state index contributed by atoms with van der Waals surface area (Å²) in [6, 6.07) is 0.471. The van der Waals surface area contributed by atoms with E-state index in [-0.39, 0.29) is 5.54 Å². The third kappa shape index (κ3) is 3.32. The first-order valence-electron chi connectivity index (χ1n) is 8.20. The quantitative estimate of drug-likeness (QED) is 0.733. The Balaban J connectivity index is 2.04. The van der Waals surface area contributed by atoms with Gasteiger partial charge in [-0.15, -0.1) is 0 Å². The van der Waals surface area contributed by atoms with Crippen molar-refractivity contribution in [2.45, 2.75) is 70.4 Å². The van der Waals surface area contributed by atoms with Gasteiger partial charge in [-0.05, 0) is 49.9 Å². The normalized spacial score (nSPS) is 44.2. The molecule has 0 bridgehead atoms. The summed E-state index contributed by atoms with van der Waals surface area (Å²) in [5.41, 5.74) is 6.27. The van der Waals surface area contributed by atoms with Crippen molar-refractivity contribution in [3.8, 4) is 0 Å². The van der Waals surface area contributed by atoms with Gasteiger partial charge in [-0.1, -0.05) is 26.7 Å². The van der Waals surface area contributed by atoms with Gasteiger partial charge in [0, 0.05) is 24.7 Å². The van der Waals surface area contributed by atoms with Crippen molar-refractivity contribution >= 4 is 0 Å². The van der Waals surface area contributed by atoms with Gasteiger partial charge in [-0.3, -0.25) is 0 Å². The van der Waals surface area contributed by atoms with Crippen molar-refractivity contribution < 1.29 is 5.11 Å². The smallest absolute Gasteiger partial charge is 0.0474 e. The van der Waals surface area contributed by atoms with Crippen LogP contribution in [-0.2, 0) is 0 Å². The number of nitrogens with two attached hydrogens (primary N) is 1. The number of nitrogens with one attached hydrogen (secondary N) is 1. The van der Waals surface area contributed by atoms with Crippen LogP contribution in [-0.4, -0.2) is 29.8 Å². The van der Waals surface area contributed by atoms with Gasteiger partial charge in [0.15, 0.2) is 0 Å². The van der Waals surface area contributed by atoms with Gasteiger partial charge < -0.3 is 16.2 Å². The molecule has 5 unspecified atom stereocenters. The highest BCUT2D eigenvalue weighted by atomic mass is 16.3. The Morgan fingerprint density at radius 1 is 1.21 bits per heavy atom. The van der Waals surface area contributed by atoms with Gasteiger partial charge in [-0.25, -0.2) is 0 Å². The van der Waals surface area contributed by atoms with Crippen LogP contribution in [0.25, 0.3) is 0 Å². The van der Waals surface area contributed by atoms with Gasteiger partial charge in [0.1, 0.15) is 0 Å². The fourth-order valence-corrected chi connectivity index (χ4v) is 4.26. The fourth-order valence-electron chi connectivity index (χ4n) is 4.26. The molecule has 0 amide bonds. The summed E-state index contributed by atoms with van der Waals surface area (Å²) >= 11 is 0. The first-order chi connectivity index (χ1) is 9.11. The van der Waals surface area contributed by atoms with Crippen LogP contribution >= 0.6 is 0 Å². The molecule has 4 N–H and O–H groups in total. The van der Waals surface area contributed by atoms with E-state index in [2.05, 4.69) is 19.2 Å². The first kappa shape index (κ1) is 15.3. The lowest BCUT2D eigenvalue weighted by atomic mass is 9.68. The van der Waals surface area contributed by atoms with Gasteiger partial charge in [0.25, 0.3) is 0 Å². The molecule has 0 aromatic carbocycles. The van der Waals surface area contributed by atoms with Crippen molar-refractivity contribution in [3.63, 3.8) is 0 Å². The molecule has 112 valence electrons. The molecule has 3 heteroatoms. The second kappa shape index (κ2) is 6.55. The predicted molar refractivity (Wildman–Crippen MR) is 79.9 cm³/mol. The molecule has 0 saturated heterocycles. The highest BCUT2D eigenvalue weighted by Crippen LogP contribution is 2.38. The van der Waals surface area contributed by atoms with Crippen LogP contribution in [0, 0.1) is 17.8 Å². The highest BCUT2D eigenvalue weighted by molar-refractivity contribution is 5.00. The van der Waals surface area contributed by atoms with E-state index < -0.39 is 0 Å². The molecular formula is C16H32N2O. The summed E-state index contributed by atoms with van der Waals surface area (Å²) in [5.74, 6) is 1.91. The van der Waals surface area contributed by atoms with Crippen LogP contribution in [0.2, 0.25) is 0 Å². The number of hydrogen-bond donors (Lipinski definition) is 3. The van der Waals surface area contributed by atoms with Crippen molar-refractivity contribution in [2.24, 2.45) is 23.5 Å². The standard InChI is InChI=1S/C16H32N2O/c1-12-7-8-16(11-17,13(2)9-12)18-15-6-4-3-5-14(15)10-19/h12-15,18-19H,3-11,17H2,1-2H3. The summed E-state index contributed by atoms with van der Waals surface area (Å²) in [6.07, 6.45) is 8.69. The maximum atomic E-state index is 9.58.